The number of anilines is 1. The molecule has 3 heterocycles. The SMILES string of the molecule is CCSSCOC1C[C@H](n2cnc3c(=O)[nH]c(N)nc32)O[C@@H]1COP(=O)([O-])OP(=O)([O-])OP(=O)([O-])O. The van der Waals surface area contributed by atoms with Gasteiger partial charge in [0.25, 0.3) is 29.0 Å². The number of hydrogen-bond donors (Lipinski definition) is 3. The topological polar surface area (TPSA) is 276 Å². The van der Waals surface area contributed by atoms with E-state index in [4.69, 9.17) is 20.1 Å². The van der Waals surface area contributed by atoms with Crippen molar-refractivity contribution in [3.05, 3.63) is 16.7 Å². The molecule has 0 aromatic carbocycles. The molecule has 6 atom stereocenters. The van der Waals surface area contributed by atoms with Crippen LogP contribution in [0.3, 0.4) is 0 Å². The molecule has 2 aromatic heterocycles. The van der Waals surface area contributed by atoms with Crippen molar-refractivity contribution < 1.29 is 55.9 Å². The van der Waals surface area contributed by atoms with Crippen LogP contribution in [0.5, 0.6) is 0 Å². The van der Waals surface area contributed by atoms with Crippen molar-refractivity contribution in [3.8, 4) is 0 Å². The van der Waals surface area contributed by atoms with Gasteiger partial charge in [-0.1, -0.05) is 28.5 Å². The normalized spacial score (nSPS) is 25.4. The third-order valence-corrected chi connectivity index (χ3v) is 10.1. The smallest absolute Gasteiger partial charge is 0.280 e. The van der Waals surface area contributed by atoms with Crippen LogP contribution in [0.4, 0.5) is 5.95 Å². The summed E-state index contributed by atoms with van der Waals surface area (Å²) in [5.41, 5.74) is 5.07. The Labute approximate surface area is 210 Å². The molecule has 0 radical (unpaired) electrons. The van der Waals surface area contributed by atoms with Crippen molar-refractivity contribution in [2.45, 2.75) is 31.8 Å². The first-order chi connectivity index (χ1) is 16.7. The van der Waals surface area contributed by atoms with Crippen LogP contribution in [0.15, 0.2) is 11.1 Å². The largest absolute Gasteiger partial charge is 0.756 e. The number of aromatic nitrogens is 4. The van der Waals surface area contributed by atoms with Gasteiger partial charge in [0.2, 0.25) is 5.95 Å². The molecule has 3 rings (SSSR count). The number of hydrogen-bond acceptors (Lipinski definition) is 17. The van der Waals surface area contributed by atoms with Crippen molar-refractivity contribution >= 4 is 62.2 Å². The summed E-state index contributed by atoms with van der Waals surface area (Å²) >= 11 is 0. The van der Waals surface area contributed by atoms with Gasteiger partial charge in [0.15, 0.2) is 11.2 Å². The first kappa shape index (κ1) is 29.7. The molecule has 204 valence electrons. The third kappa shape index (κ3) is 8.34. The molecule has 23 heteroatoms. The van der Waals surface area contributed by atoms with E-state index < -0.39 is 54.1 Å². The molecule has 2 aromatic rings. The van der Waals surface area contributed by atoms with E-state index in [1.807, 2.05) is 6.92 Å². The summed E-state index contributed by atoms with van der Waals surface area (Å²) < 4.78 is 58.2. The number of nitrogens with zero attached hydrogens (tertiary/aromatic N) is 3. The van der Waals surface area contributed by atoms with E-state index in [0.717, 1.165) is 5.75 Å². The molecule has 0 amide bonds. The van der Waals surface area contributed by atoms with Gasteiger partial charge in [-0.25, -0.2) is 13.6 Å². The number of phosphoric ester groups is 1. The number of aromatic amines is 1. The Hall–Kier alpha value is -0.820. The summed E-state index contributed by atoms with van der Waals surface area (Å²) in [5.74, 6) is 0.799. The molecule has 0 spiro atoms. The highest BCUT2D eigenvalue weighted by Gasteiger charge is 2.39. The van der Waals surface area contributed by atoms with Gasteiger partial charge < -0.3 is 39.3 Å². The lowest BCUT2D eigenvalue weighted by molar-refractivity contribution is -0.250. The van der Waals surface area contributed by atoms with Crippen molar-refractivity contribution in [2.75, 3.05) is 24.0 Å². The van der Waals surface area contributed by atoms with Gasteiger partial charge in [0.1, 0.15) is 18.3 Å². The Bertz CT molecular complexity index is 1270. The van der Waals surface area contributed by atoms with E-state index in [9.17, 15) is 33.2 Å². The maximum absolute atomic E-state index is 12.0. The highest BCUT2D eigenvalue weighted by Crippen LogP contribution is 2.61. The molecule has 36 heavy (non-hydrogen) atoms. The Kier molecular flexibility index (Phi) is 9.85. The predicted molar refractivity (Wildman–Crippen MR) is 120 cm³/mol. The second-order valence-electron chi connectivity index (χ2n) is 6.81. The monoisotopic (exact) mass is 610 g/mol. The molecule has 1 aliphatic heterocycles. The summed E-state index contributed by atoms with van der Waals surface area (Å²) in [6.45, 7) is 1.12. The number of phosphoric acid groups is 3. The van der Waals surface area contributed by atoms with Crippen LogP contribution in [0.2, 0.25) is 0 Å². The number of imidazole rings is 1. The average molecular weight is 610 g/mol. The second-order valence-corrected chi connectivity index (χ2v) is 13.8. The molecule has 4 N–H and O–H groups in total. The molecule has 1 fully saturated rings. The fraction of sp³-hybridized carbons (Fsp3) is 0.615. The van der Waals surface area contributed by atoms with Gasteiger partial charge in [-0.2, -0.15) is 4.98 Å². The molecule has 0 aliphatic carbocycles. The first-order valence-electron chi connectivity index (χ1n) is 9.66. The Balaban J connectivity index is 1.74. The maximum atomic E-state index is 12.0. The zero-order valence-corrected chi connectivity index (χ0v) is 22.4. The van der Waals surface area contributed by atoms with E-state index >= 15 is 0 Å². The third-order valence-electron chi connectivity index (χ3n) is 4.27. The Morgan fingerprint density at radius 2 is 2.00 bits per heavy atom. The molecule has 18 nitrogen and oxygen atoms in total. The highest BCUT2D eigenvalue weighted by atomic mass is 33.1. The van der Waals surface area contributed by atoms with Crippen molar-refractivity contribution in [3.63, 3.8) is 0 Å². The van der Waals surface area contributed by atoms with Crippen LogP contribution in [-0.4, -0.2) is 54.9 Å². The van der Waals surface area contributed by atoms with Crippen molar-refractivity contribution in [2.24, 2.45) is 0 Å². The number of nitrogens with two attached hydrogens (primary N) is 1. The minimum absolute atomic E-state index is 0.0249. The molecule has 0 bridgehead atoms. The van der Waals surface area contributed by atoms with Gasteiger partial charge >= 0.3 is 0 Å². The Morgan fingerprint density at radius 3 is 2.67 bits per heavy atom. The zero-order chi connectivity index (χ0) is 26.7. The van der Waals surface area contributed by atoms with E-state index in [0.29, 0.717) is 0 Å². The first-order valence-corrected chi connectivity index (χ1v) is 16.6. The molecule has 0 saturated carbocycles. The van der Waals surface area contributed by atoms with Crippen molar-refractivity contribution in [1.82, 2.24) is 19.5 Å². The van der Waals surface area contributed by atoms with Crippen LogP contribution in [0.1, 0.15) is 19.6 Å². The standard InChI is InChI=1S/C13H22N5O13P3S2/c1-2-35-36-6-27-7-3-9(18-5-15-10-11(18)16-13(14)17-12(10)19)29-8(7)4-28-33(23,24)31-34(25,26)30-32(20,21)22/h5,7-9H,2-4,6H2,1H3,(H,23,24)(H,25,26)(H2,20,21,22)(H3,14,16,17,19)/p-3/t7?,8-,9-/m1/s1. The number of fused-ring (bicyclic) bond motifs is 1. The fourth-order valence-electron chi connectivity index (χ4n) is 3.03. The van der Waals surface area contributed by atoms with Crippen LogP contribution in [-0.2, 0) is 36.3 Å². The number of nitrogen functional groups attached to an aromatic ring is 1. The van der Waals surface area contributed by atoms with Crippen LogP contribution in [0.25, 0.3) is 11.2 Å². The van der Waals surface area contributed by atoms with E-state index in [-0.39, 0.29) is 29.5 Å². The quantitative estimate of drug-likeness (QED) is 0.108. The molecule has 1 aliphatic rings. The summed E-state index contributed by atoms with van der Waals surface area (Å²) in [5, 5.41) is 0. The van der Waals surface area contributed by atoms with Gasteiger partial charge in [0, 0.05) is 12.2 Å². The van der Waals surface area contributed by atoms with Crippen LogP contribution < -0.4 is 26.0 Å². The minimum atomic E-state index is -6.05. The number of H-pyrrole nitrogens is 1. The van der Waals surface area contributed by atoms with E-state index in [1.54, 1.807) is 0 Å². The van der Waals surface area contributed by atoms with Crippen molar-refractivity contribution in [1.29, 1.82) is 0 Å². The lowest BCUT2D eigenvalue weighted by atomic mass is 10.2. The molecule has 4 unspecified atom stereocenters. The van der Waals surface area contributed by atoms with Gasteiger partial charge in [-0.15, -0.1) is 0 Å². The summed E-state index contributed by atoms with van der Waals surface area (Å²) in [6.07, 6.45) is -1.39. The molecular weight excluding hydrogens is 591 g/mol. The van der Waals surface area contributed by atoms with Crippen LogP contribution >= 0.6 is 45.1 Å². The summed E-state index contributed by atoms with van der Waals surface area (Å²) in [6, 6.07) is 0. The van der Waals surface area contributed by atoms with Gasteiger partial charge in [0.05, 0.1) is 19.0 Å². The molecule has 1 saturated heterocycles. The van der Waals surface area contributed by atoms with Crippen LogP contribution in [0, 0.1) is 0 Å². The highest BCUT2D eigenvalue weighted by molar-refractivity contribution is 8.76. The number of rotatable bonds is 13. The number of nitrogens with one attached hydrogen (secondary N) is 1. The fourth-order valence-corrected chi connectivity index (χ4v) is 7.27. The molecular formula is C13H19N5O13P3S2-3. The summed E-state index contributed by atoms with van der Waals surface area (Å²) in [7, 11) is -14.7. The van der Waals surface area contributed by atoms with Gasteiger partial charge in [-0.3, -0.25) is 28.0 Å². The average Bonchev–Trinajstić information content (AvgIpc) is 3.31. The zero-order valence-electron chi connectivity index (χ0n) is 18.1. The lowest BCUT2D eigenvalue weighted by Crippen LogP contribution is -2.30. The van der Waals surface area contributed by atoms with E-state index in [2.05, 4.69) is 28.1 Å². The summed E-state index contributed by atoms with van der Waals surface area (Å²) in [4.78, 5) is 64.7. The lowest BCUT2D eigenvalue weighted by Gasteiger charge is -2.33. The van der Waals surface area contributed by atoms with Gasteiger partial charge in [-0.05, 0) is 0 Å². The minimum Gasteiger partial charge on any atom is -0.756 e. The Morgan fingerprint density at radius 1 is 1.28 bits per heavy atom. The number of ether oxygens (including phenoxy) is 2. The second kappa shape index (κ2) is 11.9. The maximum Gasteiger partial charge on any atom is 0.280 e. The predicted octanol–water partition coefficient (Wildman–Crippen LogP) is -0.819. The van der Waals surface area contributed by atoms with E-state index in [1.165, 1.54) is 32.5 Å².